The van der Waals surface area contributed by atoms with Crippen molar-refractivity contribution in [1.29, 1.82) is 0 Å². The molecule has 1 aliphatic carbocycles. The third-order valence-electron chi connectivity index (χ3n) is 5.18. The molecule has 0 fully saturated rings. The molecule has 0 amide bonds. The Morgan fingerprint density at radius 1 is 1.08 bits per heavy atom. The molecule has 1 heteroatoms. The molecule has 0 nitrogen and oxygen atoms in total. The molecule has 24 heavy (non-hydrogen) atoms. The lowest BCUT2D eigenvalue weighted by Crippen LogP contribution is -2.14. The summed E-state index contributed by atoms with van der Waals surface area (Å²) in [5, 5.41) is 0. The first-order chi connectivity index (χ1) is 11.7. The summed E-state index contributed by atoms with van der Waals surface area (Å²) in [5.41, 5.74) is 6.25. The van der Waals surface area contributed by atoms with E-state index in [1.165, 1.54) is 16.7 Å². The third kappa shape index (κ3) is 3.77. The van der Waals surface area contributed by atoms with Crippen LogP contribution in [0.3, 0.4) is 0 Å². The van der Waals surface area contributed by atoms with Crippen LogP contribution in [0.25, 0.3) is 0 Å². The first kappa shape index (κ1) is 17.0. The Morgan fingerprint density at radius 3 is 2.62 bits per heavy atom. The maximum Gasteiger partial charge on any atom is 0.126 e. The fourth-order valence-electron chi connectivity index (χ4n) is 3.84. The summed E-state index contributed by atoms with van der Waals surface area (Å²) in [6, 6.07) is 12.7. The maximum absolute atomic E-state index is 14.5. The van der Waals surface area contributed by atoms with E-state index in [1.54, 1.807) is 6.07 Å². The highest BCUT2D eigenvalue weighted by molar-refractivity contribution is 5.38. The van der Waals surface area contributed by atoms with Gasteiger partial charge in [-0.3, -0.25) is 0 Å². The van der Waals surface area contributed by atoms with E-state index in [4.69, 9.17) is 0 Å². The van der Waals surface area contributed by atoms with Gasteiger partial charge >= 0.3 is 0 Å². The molecule has 0 heterocycles. The van der Waals surface area contributed by atoms with E-state index in [9.17, 15) is 4.39 Å². The summed E-state index contributed by atoms with van der Waals surface area (Å²) >= 11 is 0. The molecule has 0 aromatic heterocycles. The Kier molecular flexibility index (Phi) is 5.50. The molecule has 2 aromatic carbocycles. The number of hydrogen-bond donors (Lipinski definition) is 0. The standard InChI is InChI=1S/C23H27F/c1-3-5-7-18-8-10-20-16-21(12-11-19(20)14-18)22-13-9-17(6-4-2)15-23(22)24/h3,8-10,13-15,21H,1,4-7,11-12,16H2,2H3. The van der Waals surface area contributed by atoms with Gasteiger partial charge in [0.2, 0.25) is 0 Å². The van der Waals surface area contributed by atoms with E-state index in [0.717, 1.165) is 56.1 Å². The predicted octanol–water partition coefficient (Wildman–Crippen LogP) is 6.17. The van der Waals surface area contributed by atoms with Crippen LogP contribution in [0.4, 0.5) is 4.39 Å². The van der Waals surface area contributed by atoms with Gasteiger partial charge in [0.25, 0.3) is 0 Å². The molecule has 0 N–H and O–H groups in total. The molecular weight excluding hydrogens is 295 g/mol. The maximum atomic E-state index is 14.5. The van der Waals surface area contributed by atoms with Crippen molar-refractivity contribution in [2.45, 2.75) is 57.8 Å². The molecule has 1 aliphatic rings. The number of hydrogen-bond acceptors (Lipinski definition) is 0. The van der Waals surface area contributed by atoms with E-state index in [2.05, 4.69) is 37.8 Å². The Balaban J connectivity index is 1.76. The van der Waals surface area contributed by atoms with Crippen LogP contribution in [0.5, 0.6) is 0 Å². The predicted molar refractivity (Wildman–Crippen MR) is 100 cm³/mol. The zero-order chi connectivity index (χ0) is 16.9. The van der Waals surface area contributed by atoms with Gasteiger partial charge in [0.1, 0.15) is 5.82 Å². The third-order valence-corrected chi connectivity index (χ3v) is 5.18. The van der Waals surface area contributed by atoms with Crippen molar-refractivity contribution >= 4 is 0 Å². The molecule has 0 spiro atoms. The lowest BCUT2D eigenvalue weighted by Gasteiger charge is -2.26. The van der Waals surface area contributed by atoms with Crippen molar-refractivity contribution in [3.8, 4) is 0 Å². The molecule has 0 saturated heterocycles. The normalized spacial score (nSPS) is 16.7. The fraction of sp³-hybridized carbons (Fsp3) is 0.391. The first-order valence-electron chi connectivity index (χ1n) is 9.21. The Labute approximate surface area is 145 Å². The van der Waals surface area contributed by atoms with E-state index in [-0.39, 0.29) is 5.82 Å². The second-order valence-electron chi connectivity index (χ2n) is 6.98. The Hall–Kier alpha value is -1.89. The van der Waals surface area contributed by atoms with Crippen LogP contribution in [0.1, 0.15) is 59.9 Å². The monoisotopic (exact) mass is 322 g/mol. The number of fused-ring (bicyclic) bond motifs is 1. The number of allylic oxidation sites excluding steroid dienone is 1. The van der Waals surface area contributed by atoms with Crippen molar-refractivity contribution in [2.75, 3.05) is 0 Å². The molecule has 1 atom stereocenters. The summed E-state index contributed by atoms with van der Waals surface area (Å²) in [4.78, 5) is 0. The average molecular weight is 322 g/mol. The number of aryl methyl sites for hydroxylation is 3. The number of benzene rings is 2. The minimum Gasteiger partial charge on any atom is -0.207 e. The van der Waals surface area contributed by atoms with Gasteiger partial charge in [-0.2, -0.15) is 0 Å². The second kappa shape index (κ2) is 7.79. The van der Waals surface area contributed by atoms with Gasteiger partial charge in [0, 0.05) is 0 Å². The largest absolute Gasteiger partial charge is 0.207 e. The van der Waals surface area contributed by atoms with Crippen LogP contribution in [0.2, 0.25) is 0 Å². The van der Waals surface area contributed by atoms with Gasteiger partial charge in [-0.15, -0.1) is 6.58 Å². The van der Waals surface area contributed by atoms with Crippen molar-refractivity contribution in [1.82, 2.24) is 0 Å². The first-order valence-corrected chi connectivity index (χ1v) is 9.21. The van der Waals surface area contributed by atoms with Crippen LogP contribution in [-0.2, 0) is 25.7 Å². The van der Waals surface area contributed by atoms with Crippen molar-refractivity contribution in [3.05, 3.63) is 82.7 Å². The molecule has 0 saturated carbocycles. The molecule has 0 aliphatic heterocycles. The minimum absolute atomic E-state index is 0.0167. The second-order valence-corrected chi connectivity index (χ2v) is 6.98. The van der Waals surface area contributed by atoms with Crippen molar-refractivity contribution in [3.63, 3.8) is 0 Å². The van der Waals surface area contributed by atoms with Crippen LogP contribution in [-0.4, -0.2) is 0 Å². The summed E-state index contributed by atoms with van der Waals surface area (Å²) in [6.45, 7) is 5.93. The van der Waals surface area contributed by atoms with Crippen LogP contribution >= 0.6 is 0 Å². The number of rotatable bonds is 6. The topological polar surface area (TPSA) is 0 Å². The minimum atomic E-state index is -0.0167. The van der Waals surface area contributed by atoms with E-state index in [0.29, 0.717) is 5.92 Å². The van der Waals surface area contributed by atoms with Crippen LogP contribution in [0, 0.1) is 5.82 Å². The quantitative estimate of drug-likeness (QED) is 0.558. The molecule has 0 bridgehead atoms. The van der Waals surface area contributed by atoms with Gasteiger partial charge in [0.05, 0.1) is 0 Å². The molecule has 2 aromatic rings. The molecule has 1 unspecified atom stereocenters. The number of halogens is 1. The van der Waals surface area contributed by atoms with Crippen LogP contribution < -0.4 is 0 Å². The van der Waals surface area contributed by atoms with E-state index in [1.807, 2.05) is 12.1 Å². The highest BCUT2D eigenvalue weighted by Crippen LogP contribution is 2.34. The summed E-state index contributed by atoms with van der Waals surface area (Å²) in [7, 11) is 0. The van der Waals surface area contributed by atoms with E-state index < -0.39 is 0 Å². The average Bonchev–Trinajstić information content (AvgIpc) is 2.60. The Morgan fingerprint density at radius 2 is 1.88 bits per heavy atom. The lowest BCUT2D eigenvalue weighted by atomic mass is 9.79. The smallest absolute Gasteiger partial charge is 0.126 e. The van der Waals surface area contributed by atoms with E-state index >= 15 is 0 Å². The summed E-state index contributed by atoms with van der Waals surface area (Å²) in [6.07, 6.45) is 9.13. The highest BCUT2D eigenvalue weighted by Gasteiger charge is 2.22. The van der Waals surface area contributed by atoms with Gasteiger partial charge < -0.3 is 0 Å². The van der Waals surface area contributed by atoms with Gasteiger partial charge in [0.15, 0.2) is 0 Å². The van der Waals surface area contributed by atoms with Crippen molar-refractivity contribution < 1.29 is 4.39 Å². The summed E-state index contributed by atoms with van der Waals surface area (Å²) in [5.74, 6) is 0.296. The zero-order valence-electron chi connectivity index (χ0n) is 14.7. The molecular formula is C23H27F. The summed E-state index contributed by atoms with van der Waals surface area (Å²) < 4.78 is 14.5. The van der Waals surface area contributed by atoms with Gasteiger partial charge in [-0.05, 0) is 78.3 Å². The lowest BCUT2D eigenvalue weighted by molar-refractivity contribution is 0.532. The van der Waals surface area contributed by atoms with Gasteiger partial charge in [-0.25, -0.2) is 4.39 Å². The SMILES string of the molecule is C=CCCc1ccc2c(c1)CCC(c1ccc(CCC)cc1F)C2. The zero-order valence-corrected chi connectivity index (χ0v) is 14.7. The molecule has 3 rings (SSSR count). The molecule has 126 valence electrons. The van der Waals surface area contributed by atoms with Crippen molar-refractivity contribution in [2.24, 2.45) is 0 Å². The molecule has 0 radical (unpaired) electrons. The van der Waals surface area contributed by atoms with Gasteiger partial charge in [-0.1, -0.05) is 49.8 Å². The Bertz CT molecular complexity index is 714. The highest BCUT2D eigenvalue weighted by atomic mass is 19.1. The van der Waals surface area contributed by atoms with Crippen LogP contribution in [0.15, 0.2) is 49.1 Å². The fourth-order valence-corrected chi connectivity index (χ4v) is 3.84.